The van der Waals surface area contributed by atoms with E-state index in [0.717, 1.165) is 16.9 Å². The molecule has 4 heteroatoms. The lowest BCUT2D eigenvalue weighted by atomic mass is 10.2. The summed E-state index contributed by atoms with van der Waals surface area (Å²) < 4.78 is 3.08. The highest BCUT2D eigenvalue weighted by molar-refractivity contribution is 14.1. The summed E-state index contributed by atoms with van der Waals surface area (Å²) in [5.74, 6) is 0. The Balaban J connectivity index is 2.24. The number of hydrogen-bond donors (Lipinski definition) is 0. The molecule has 0 spiro atoms. The first-order valence-corrected chi connectivity index (χ1v) is 6.60. The number of aromatic nitrogens is 2. The van der Waals surface area contributed by atoms with Gasteiger partial charge in [0.25, 0.3) is 0 Å². The van der Waals surface area contributed by atoms with Gasteiger partial charge in [-0.3, -0.25) is 4.40 Å². The number of benzene rings is 1. The number of fused-ring (bicyclic) bond motifs is 1. The van der Waals surface area contributed by atoms with Gasteiger partial charge in [-0.1, -0.05) is 29.8 Å². The lowest BCUT2D eigenvalue weighted by Gasteiger charge is -1.98. The van der Waals surface area contributed by atoms with Crippen molar-refractivity contribution in [3.05, 3.63) is 57.4 Å². The summed E-state index contributed by atoms with van der Waals surface area (Å²) in [6.45, 7) is 0. The molecule has 1 aromatic carbocycles. The number of imidazole rings is 1. The van der Waals surface area contributed by atoms with Gasteiger partial charge in [0.2, 0.25) is 0 Å². The maximum absolute atomic E-state index is 6.33. The molecule has 0 aliphatic rings. The van der Waals surface area contributed by atoms with Crippen molar-refractivity contribution in [1.29, 1.82) is 0 Å². The summed E-state index contributed by atoms with van der Waals surface area (Å²) in [6.07, 6.45) is 1.92. The van der Waals surface area contributed by atoms with Gasteiger partial charge < -0.3 is 0 Å². The molecule has 3 rings (SSSR count). The van der Waals surface area contributed by atoms with E-state index in [0.29, 0.717) is 5.15 Å². The van der Waals surface area contributed by atoms with Crippen LogP contribution in [0.1, 0.15) is 0 Å². The van der Waals surface area contributed by atoms with Crippen LogP contribution in [0.4, 0.5) is 0 Å². The molecule has 0 saturated heterocycles. The van der Waals surface area contributed by atoms with Crippen molar-refractivity contribution in [2.75, 3.05) is 0 Å². The van der Waals surface area contributed by atoms with Crippen LogP contribution in [0.2, 0.25) is 5.15 Å². The number of hydrogen-bond acceptors (Lipinski definition) is 1. The van der Waals surface area contributed by atoms with Gasteiger partial charge in [0.1, 0.15) is 16.5 Å². The molecule has 0 atom stereocenters. The van der Waals surface area contributed by atoms with Crippen LogP contribution in [0.3, 0.4) is 0 Å². The van der Waals surface area contributed by atoms with Gasteiger partial charge in [-0.05, 0) is 46.9 Å². The van der Waals surface area contributed by atoms with Crippen molar-refractivity contribution < 1.29 is 0 Å². The molecule has 0 aliphatic carbocycles. The summed E-state index contributed by atoms with van der Waals surface area (Å²) in [5.41, 5.74) is 2.74. The van der Waals surface area contributed by atoms with Crippen LogP contribution in [0.25, 0.3) is 16.9 Å². The second-order valence-corrected chi connectivity index (χ2v) is 5.29. The summed E-state index contributed by atoms with van der Waals surface area (Å²) in [5, 5.41) is 0.654. The largest absolute Gasteiger partial charge is 0.290 e. The zero-order chi connectivity index (χ0) is 11.8. The van der Waals surface area contributed by atoms with Crippen molar-refractivity contribution in [2.24, 2.45) is 0 Å². The third-order valence-electron chi connectivity index (χ3n) is 2.59. The molecule has 3 aromatic rings. The minimum Gasteiger partial charge on any atom is -0.290 e. The van der Waals surface area contributed by atoms with E-state index in [1.165, 1.54) is 3.57 Å². The van der Waals surface area contributed by atoms with E-state index in [9.17, 15) is 0 Å². The Morgan fingerprint density at radius 1 is 1.06 bits per heavy atom. The highest BCUT2D eigenvalue weighted by atomic mass is 127. The van der Waals surface area contributed by atoms with E-state index in [4.69, 9.17) is 11.6 Å². The zero-order valence-corrected chi connectivity index (χ0v) is 11.7. The molecular formula is C13H8ClIN2. The second kappa shape index (κ2) is 4.31. The third-order valence-corrected chi connectivity index (χ3v) is 3.67. The van der Waals surface area contributed by atoms with Crippen LogP contribution in [0.15, 0.2) is 48.7 Å². The Hall–Kier alpha value is -1.07. The molecular weight excluding hydrogens is 347 g/mol. The Bertz CT molecular complexity index is 673. The maximum Gasteiger partial charge on any atom is 0.141 e. The second-order valence-electron chi connectivity index (χ2n) is 3.69. The highest BCUT2D eigenvalue weighted by Crippen LogP contribution is 2.28. The molecule has 2 aromatic heterocycles. The predicted molar refractivity (Wildman–Crippen MR) is 78.4 cm³/mol. The van der Waals surface area contributed by atoms with Crippen LogP contribution in [-0.4, -0.2) is 9.38 Å². The first kappa shape index (κ1) is 11.0. The van der Waals surface area contributed by atoms with E-state index in [2.05, 4.69) is 39.7 Å². The van der Waals surface area contributed by atoms with Crippen LogP contribution in [-0.2, 0) is 0 Å². The van der Waals surface area contributed by atoms with Gasteiger partial charge in [0.15, 0.2) is 0 Å². The van der Waals surface area contributed by atoms with Crippen molar-refractivity contribution in [3.63, 3.8) is 0 Å². The minimum atomic E-state index is 0.654. The Labute approximate surface area is 117 Å². The summed E-state index contributed by atoms with van der Waals surface area (Å²) in [4.78, 5) is 4.54. The minimum absolute atomic E-state index is 0.654. The molecule has 0 radical (unpaired) electrons. The molecule has 84 valence electrons. The normalized spacial score (nSPS) is 10.9. The standard InChI is InChI=1S/C13H8ClIN2/c14-13-12(9-4-6-10(15)7-5-9)16-11-3-1-2-8-17(11)13/h1-8H. The fraction of sp³-hybridized carbons (Fsp3) is 0. The maximum atomic E-state index is 6.33. The van der Waals surface area contributed by atoms with Gasteiger partial charge in [-0.25, -0.2) is 4.98 Å². The summed E-state index contributed by atoms with van der Waals surface area (Å²) in [6, 6.07) is 14.0. The summed E-state index contributed by atoms with van der Waals surface area (Å²) >= 11 is 8.61. The Morgan fingerprint density at radius 3 is 2.53 bits per heavy atom. The smallest absolute Gasteiger partial charge is 0.141 e. The Kier molecular flexibility index (Phi) is 2.80. The number of rotatable bonds is 1. The van der Waals surface area contributed by atoms with Crippen LogP contribution >= 0.6 is 34.2 Å². The average Bonchev–Trinajstić information content (AvgIpc) is 2.69. The van der Waals surface area contributed by atoms with Gasteiger partial charge in [-0.15, -0.1) is 0 Å². The molecule has 0 bridgehead atoms. The number of halogens is 2. The van der Waals surface area contributed by atoms with Gasteiger partial charge in [0, 0.05) is 15.3 Å². The fourth-order valence-corrected chi connectivity index (χ4v) is 2.41. The number of nitrogens with zero attached hydrogens (tertiary/aromatic N) is 2. The van der Waals surface area contributed by atoms with Crippen molar-refractivity contribution in [1.82, 2.24) is 9.38 Å². The van der Waals surface area contributed by atoms with E-state index in [1.54, 1.807) is 0 Å². The SMILES string of the molecule is Clc1c(-c2ccc(I)cc2)nc2ccccn12. The number of pyridine rings is 1. The van der Waals surface area contributed by atoms with E-state index in [-0.39, 0.29) is 0 Å². The zero-order valence-electron chi connectivity index (χ0n) is 8.77. The fourth-order valence-electron chi connectivity index (χ4n) is 1.76. The first-order chi connectivity index (χ1) is 8.25. The molecule has 0 saturated carbocycles. The molecule has 2 heterocycles. The van der Waals surface area contributed by atoms with Gasteiger partial charge >= 0.3 is 0 Å². The van der Waals surface area contributed by atoms with E-state index in [1.807, 2.05) is 40.9 Å². The first-order valence-electron chi connectivity index (χ1n) is 5.14. The topological polar surface area (TPSA) is 17.3 Å². The van der Waals surface area contributed by atoms with Crippen molar-refractivity contribution in [3.8, 4) is 11.3 Å². The van der Waals surface area contributed by atoms with Gasteiger partial charge in [0.05, 0.1) is 0 Å². The molecule has 0 N–H and O–H groups in total. The lowest BCUT2D eigenvalue weighted by Crippen LogP contribution is -1.81. The average molecular weight is 355 g/mol. The van der Waals surface area contributed by atoms with Crippen LogP contribution in [0, 0.1) is 3.57 Å². The van der Waals surface area contributed by atoms with Crippen molar-refractivity contribution >= 4 is 39.8 Å². The molecule has 0 fully saturated rings. The summed E-state index contributed by atoms with van der Waals surface area (Å²) in [7, 11) is 0. The lowest BCUT2D eigenvalue weighted by molar-refractivity contribution is 1.19. The molecule has 0 aliphatic heterocycles. The van der Waals surface area contributed by atoms with Crippen LogP contribution < -0.4 is 0 Å². The van der Waals surface area contributed by atoms with E-state index >= 15 is 0 Å². The van der Waals surface area contributed by atoms with E-state index < -0.39 is 0 Å². The molecule has 0 amide bonds. The van der Waals surface area contributed by atoms with Crippen molar-refractivity contribution in [2.45, 2.75) is 0 Å². The van der Waals surface area contributed by atoms with Gasteiger partial charge in [-0.2, -0.15) is 0 Å². The third kappa shape index (κ3) is 1.93. The monoisotopic (exact) mass is 354 g/mol. The quantitative estimate of drug-likeness (QED) is 0.597. The molecule has 2 nitrogen and oxygen atoms in total. The Morgan fingerprint density at radius 2 is 1.82 bits per heavy atom. The predicted octanol–water partition coefficient (Wildman–Crippen LogP) is 4.26. The molecule has 0 unspecified atom stereocenters. The van der Waals surface area contributed by atoms with Crippen LogP contribution in [0.5, 0.6) is 0 Å². The highest BCUT2D eigenvalue weighted by Gasteiger charge is 2.11. The molecule has 17 heavy (non-hydrogen) atoms.